The SMILES string of the molecule is Cc1cc(Oc2ncccn2)ccc1NC(=O)c1cccc(N2NC(=O)C3CC=CCC3C2=O)c1. The van der Waals surface area contributed by atoms with Gasteiger partial charge >= 0.3 is 6.01 Å². The minimum atomic E-state index is -0.393. The Hall–Kier alpha value is -4.53. The normalized spacial score (nSPS) is 19.1. The van der Waals surface area contributed by atoms with Crippen molar-refractivity contribution in [1.82, 2.24) is 15.4 Å². The molecule has 2 aromatic carbocycles. The van der Waals surface area contributed by atoms with Gasteiger partial charge in [0.2, 0.25) is 11.8 Å². The molecule has 2 atom stereocenters. The highest BCUT2D eigenvalue weighted by molar-refractivity contribution is 6.07. The average Bonchev–Trinajstić information content (AvgIpc) is 2.88. The number of fused-ring (bicyclic) bond motifs is 1. The molecule has 1 aliphatic carbocycles. The van der Waals surface area contributed by atoms with Gasteiger partial charge in [-0.2, -0.15) is 0 Å². The van der Waals surface area contributed by atoms with Gasteiger partial charge < -0.3 is 10.1 Å². The van der Waals surface area contributed by atoms with Crippen LogP contribution in [0.1, 0.15) is 28.8 Å². The first-order chi connectivity index (χ1) is 17.0. The van der Waals surface area contributed by atoms with Crippen molar-refractivity contribution >= 4 is 29.1 Å². The van der Waals surface area contributed by atoms with E-state index in [1.165, 1.54) is 5.01 Å². The van der Waals surface area contributed by atoms with Gasteiger partial charge in [0.1, 0.15) is 5.75 Å². The molecule has 0 radical (unpaired) electrons. The zero-order valence-electron chi connectivity index (χ0n) is 19.0. The molecule has 5 rings (SSSR count). The first-order valence-electron chi connectivity index (χ1n) is 11.3. The Morgan fingerprint density at radius 2 is 1.80 bits per heavy atom. The summed E-state index contributed by atoms with van der Waals surface area (Å²) in [5, 5.41) is 4.14. The largest absolute Gasteiger partial charge is 0.424 e. The predicted octanol–water partition coefficient (Wildman–Crippen LogP) is 3.79. The quantitative estimate of drug-likeness (QED) is 0.550. The van der Waals surface area contributed by atoms with Crippen LogP contribution >= 0.6 is 0 Å². The van der Waals surface area contributed by atoms with Crippen molar-refractivity contribution in [1.29, 1.82) is 0 Å². The standard InChI is InChI=1S/C26H23N5O4/c1-16-14-19(35-26-27-12-5-13-28-26)10-11-22(16)29-23(32)17-6-4-7-18(15-17)31-25(34)21-9-3-2-8-20(21)24(33)30-31/h2-7,10-15,20-21H,8-9H2,1H3,(H,29,32)(H,30,33). The van der Waals surface area contributed by atoms with Gasteiger partial charge in [-0.25, -0.2) is 15.0 Å². The molecule has 176 valence electrons. The fourth-order valence-corrected chi connectivity index (χ4v) is 4.25. The molecule has 2 heterocycles. The number of aromatic nitrogens is 2. The monoisotopic (exact) mass is 469 g/mol. The molecule has 0 spiro atoms. The average molecular weight is 470 g/mol. The van der Waals surface area contributed by atoms with E-state index in [0.29, 0.717) is 35.5 Å². The Balaban J connectivity index is 1.31. The van der Waals surface area contributed by atoms with Crippen molar-refractivity contribution < 1.29 is 19.1 Å². The zero-order valence-corrected chi connectivity index (χ0v) is 19.0. The molecule has 1 fully saturated rings. The van der Waals surface area contributed by atoms with Crippen LogP contribution in [0.4, 0.5) is 11.4 Å². The lowest BCUT2D eigenvalue weighted by Crippen LogP contribution is -2.59. The van der Waals surface area contributed by atoms with E-state index in [1.54, 1.807) is 60.9 Å². The summed E-state index contributed by atoms with van der Waals surface area (Å²) in [5.74, 6) is -0.902. The summed E-state index contributed by atoms with van der Waals surface area (Å²) >= 11 is 0. The van der Waals surface area contributed by atoms with E-state index in [-0.39, 0.29) is 29.6 Å². The summed E-state index contributed by atoms with van der Waals surface area (Å²) in [6.45, 7) is 1.85. The van der Waals surface area contributed by atoms with Crippen LogP contribution in [0.5, 0.6) is 11.8 Å². The van der Waals surface area contributed by atoms with Crippen molar-refractivity contribution in [2.45, 2.75) is 19.8 Å². The van der Waals surface area contributed by atoms with Gasteiger partial charge in [0.15, 0.2) is 0 Å². The molecule has 1 aromatic heterocycles. The lowest BCUT2D eigenvalue weighted by molar-refractivity contribution is -0.139. The van der Waals surface area contributed by atoms with Gasteiger partial charge in [0.25, 0.3) is 5.91 Å². The van der Waals surface area contributed by atoms with Crippen LogP contribution in [-0.4, -0.2) is 27.7 Å². The molecule has 9 nitrogen and oxygen atoms in total. The van der Waals surface area contributed by atoms with Gasteiger partial charge in [-0.1, -0.05) is 18.2 Å². The number of hydrogen-bond donors (Lipinski definition) is 2. The van der Waals surface area contributed by atoms with Crippen LogP contribution in [-0.2, 0) is 9.59 Å². The molecule has 2 aliphatic rings. The first kappa shape index (κ1) is 22.3. The fourth-order valence-electron chi connectivity index (χ4n) is 4.25. The van der Waals surface area contributed by atoms with Gasteiger partial charge in [0.05, 0.1) is 17.5 Å². The van der Waals surface area contributed by atoms with Gasteiger partial charge in [-0.05, 0) is 67.8 Å². The Morgan fingerprint density at radius 1 is 1.03 bits per heavy atom. The van der Waals surface area contributed by atoms with Gasteiger partial charge in [-0.3, -0.25) is 19.8 Å². The predicted molar refractivity (Wildman–Crippen MR) is 129 cm³/mol. The smallest absolute Gasteiger partial charge is 0.321 e. The highest BCUT2D eigenvalue weighted by Gasteiger charge is 2.42. The van der Waals surface area contributed by atoms with E-state index in [1.807, 2.05) is 19.1 Å². The van der Waals surface area contributed by atoms with Crippen molar-refractivity contribution in [2.75, 3.05) is 10.3 Å². The topological polar surface area (TPSA) is 114 Å². The number of rotatable bonds is 5. The second-order valence-electron chi connectivity index (χ2n) is 8.42. The number of allylic oxidation sites excluding steroid dienone is 2. The molecule has 3 amide bonds. The van der Waals surface area contributed by atoms with Crippen molar-refractivity contribution in [2.24, 2.45) is 11.8 Å². The highest BCUT2D eigenvalue weighted by atomic mass is 16.5. The number of nitrogens with one attached hydrogen (secondary N) is 2. The van der Waals surface area contributed by atoms with E-state index in [9.17, 15) is 14.4 Å². The number of carbonyl (C=O) groups is 3. The highest BCUT2D eigenvalue weighted by Crippen LogP contribution is 2.32. The number of carbonyl (C=O) groups excluding carboxylic acids is 3. The molecule has 3 aromatic rings. The van der Waals surface area contributed by atoms with Crippen LogP contribution in [0, 0.1) is 18.8 Å². The second kappa shape index (κ2) is 9.38. The Labute approximate surface area is 201 Å². The third kappa shape index (κ3) is 4.61. The van der Waals surface area contributed by atoms with Crippen LogP contribution in [0.25, 0.3) is 0 Å². The number of ether oxygens (including phenoxy) is 1. The van der Waals surface area contributed by atoms with Crippen LogP contribution in [0.15, 0.2) is 73.1 Å². The molecule has 2 N–H and O–H groups in total. The van der Waals surface area contributed by atoms with Crippen LogP contribution in [0.3, 0.4) is 0 Å². The zero-order chi connectivity index (χ0) is 24.4. The number of anilines is 2. The maximum absolute atomic E-state index is 13.0. The van der Waals surface area contributed by atoms with E-state index in [4.69, 9.17) is 4.74 Å². The van der Waals surface area contributed by atoms with Gasteiger partial charge in [0, 0.05) is 23.6 Å². The molecule has 0 saturated carbocycles. The van der Waals surface area contributed by atoms with Crippen molar-refractivity contribution in [3.05, 3.63) is 84.2 Å². The number of nitrogens with zero attached hydrogens (tertiary/aromatic N) is 3. The number of benzene rings is 2. The molecular formula is C26H23N5O4. The molecule has 0 bridgehead atoms. The number of hydrazine groups is 1. The Kier molecular flexibility index (Phi) is 5.97. The molecule has 1 aliphatic heterocycles. The second-order valence-corrected chi connectivity index (χ2v) is 8.42. The molecule has 2 unspecified atom stereocenters. The number of hydrogen-bond acceptors (Lipinski definition) is 6. The molecule has 35 heavy (non-hydrogen) atoms. The summed E-state index contributed by atoms with van der Waals surface area (Å²) in [4.78, 5) is 46.7. The summed E-state index contributed by atoms with van der Waals surface area (Å²) in [6, 6.07) is 13.8. The maximum Gasteiger partial charge on any atom is 0.321 e. The van der Waals surface area contributed by atoms with Crippen LogP contribution in [0.2, 0.25) is 0 Å². The Bertz CT molecular complexity index is 1320. The number of aryl methyl sites for hydroxylation is 1. The molecular weight excluding hydrogens is 446 g/mol. The summed E-state index contributed by atoms with van der Waals surface area (Å²) < 4.78 is 5.63. The lowest BCUT2D eigenvalue weighted by atomic mass is 9.80. The maximum atomic E-state index is 13.0. The Morgan fingerprint density at radius 3 is 2.57 bits per heavy atom. The summed E-state index contributed by atoms with van der Waals surface area (Å²) in [6.07, 6.45) is 8.13. The van der Waals surface area contributed by atoms with Gasteiger partial charge in [-0.15, -0.1) is 0 Å². The third-order valence-corrected chi connectivity index (χ3v) is 6.09. The van der Waals surface area contributed by atoms with Crippen molar-refractivity contribution in [3.8, 4) is 11.8 Å². The van der Waals surface area contributed by atoms with E-state index < -0.39 is 5.92 Å². The van der Waals surface area contributed by atoms with E-state index in [0.717, 1.165) is 5.56 Å². The lowest BCUT2D eigenvalue weighted by Gasteiger charge is -2.38. The number of amides is 3. The third-order valence-electron chi connectivity index (χ3n) is 6.09. The molecule has 1 saturated heterocycles. The molecule has 9 heteroatoms. The fraction of sp³-hybridized carbons (Fsp3) is 0.192. The van der Waals surface area contributed by atoms with Crippen LogP contribution < -0.4 is 20.5 Å². The van der Waals surface area contributed by atoms with E-state index >= 15 is 0 Å². The summed E-state index contributed by atoms with van der Waals surface area (Å²) in [5.41, 5.74) is 4.88. The minimum absolute atomic E-state index is 0.176. The summed E-state index contributed by atoms with van der Waals surface area (Å²) in [7, 11) is 0. The van der Waals surface area contributed by atoms with Crippen molar-refractivity contribution in [3.63, 3.8) is 0 Å². The minimum Gasteiger partial charge on any atom is -0.424 e. The first-order valence-corrected chi connectivity index (χ1v) is 11.3. The van der Waals surface area contributed by atoms with E-state index in [2.05, 4.69) is 20.7 Å².